The van der Waals surface area contributed by atoms with E-state index >= 15 is 0 Å². The van der Waals surface area contributed by atoms with Crippen LogP contribution >= 0.6 is 0 Å². The van der Waals surface area contributed by atoms with E-state index in [0.29, 0.717) is 0 Å². The number of hydrogen-bond acceptors (Lipinski definition) is 3. The van der Waals surface area contributed by atoms with Crippen LogP contribution in [0.4, 0.5) is 0 Å². The summed E-state index contributed by atoms with van der Waals surface area (Å²) >= 11 is 0. The molecule has 2 atom stereocenters. The fourth-order valence-electron chi connectivity index (χ4n) is 2.52. The van der Waals surface area contributed by atoms with Crippen molar-refractivity contribution >= 4 is 17.3 Å². The normalized spacial score (nSPS) is 21.7. The molecule has 0 aromatic carbocycles. The molecule has 94 valence electrons. The van der Waals surface area contributed by atoms with Crippen molar-refractivity contribution in [1.82, 2.24) is 19.7 Å². The molecule has 1 aliphatic rings. The molecule has 0 radical (unpaired) electrons. The lowest BCUT2D eigenvalue weighted by molar-refractivity contribution is -0.109. The minimum absolute atomic E-state index is 0.137. The number of aldehydes is 1. The highest BCUT2D eigenvalue weighted by molar-refractivity contribution is 5.92. The van der Waals surface area contributed by atoms with Crippen LogP contribution in [-0.2, 0) is 4.79 Å². The standard InChI is InChI=1S/C14H12N4O/c19-8-9-5-13(9)18-7-10(6-17-18)11-1-3-15-14-12(11)2-4-16-14/h1-4,6-9,13H,5H2,(H,15,16). The van der Waals surface area contributed by atoms with Gasteiger partial charge in [-0.05, 0) is 24.1 Å². The van der Waals surface area contributed by atoms with Crippen molar-refractivity contribution in [1.29, 1.82) is 0 Å². The van der Waals surface area contributed by atoms with Gasteiger partial charge in [-0.1, -0.05) is 0 Å². The van der Waals surface area contributed by atoms with Crippen LogP contribution in [0.5, 0.6) is 0 Å². The van der Waals surface area contributed by atoms with Gasteiger partial charge in [0.2, 0.25) is 0 Å². The SMILES string of the molecule is O=CC1CC1n1cc(-c2ccnc3[nH]ccc23)cn1. The van der Waals surface area contributed by atoms with E-state index in [0.717, 1.165) is 34.9 Å². The van der Waals surface area contributed by atoms with E-state index < -0.39 is 0 Å². The number of fused-ring (bicyclic) bond motifs is 1. The van der Waals surface area contributed by atoms with Crippen LogP contribution < -0.4 is 0 Å². The third kappa shape index (κ3) is 1.58. The highest BCUT2D eigenvalue weighted by Gasteiger charge is 2.39. The molecule has 0 saturated heterocycles. The van der Waals surface area contributed by atoms with Gasteiger partial charge in [0.15, 0.2) is 0 Å². The van der Waals surface area contributed by atoms with Crippen LogP contribution in [0.3, 0.4) is 0 Å². The first-order valence-electron chi connectivity index (χ1n) is 6.29. The summed E-state index contributed by atoms with van der Waals surface area (Å²) in [5.74, 6) is 0.137. The minimum atomic E-state index is 0.137. The Kier molecular flexibility index (Phi) is 2.09. The molecule has 1 N–H and O–H groups in total. The highest BCUT2D eigenvalue weighted by atomic mass is 16.1. The van der Waals surface area contributed by atoms with Crippen LogP contribution in [-0.4, -0.2) is 26.0 Å². The summed E-state index contributed by atoms with van der Waals surface area (Å²) < 4.78 is 1.90. The first-order chi connectivity index (χ1) is 9.36. The van der Waals surface area contributed by atoms with E-state index in [1.165, 1.54) is 0 Å². The third-order valence-electron chi connectivity index (χ3n) is 3.69. The lowest BCUT2D eigenvalue weighted by Gasteiger charge is -1.99. The molecule has 3 heterocycles. The van der Waals surface area contributed by atoms with Gasteiger partial charge in [0.25, 0.3) is 0 Å². The van der Waals surface area contributed by atoms with Crippen molar-refractivity contribution in [3.8, 4) is 11.1 Å². The number of aromatic nitrogens is 4. The van der Waals surface area contributed by atoms with Crippen molar-refractivity contribution in [2.45, 2.75) is 12.5 Å². The van der Waals surface area contributed by atoms with Crippen molar-refractivity contribution in [3.63, 3.8) is 0 Å². The van der Waals surface area contributed by atoms with Crippen LogP contribution in [0.25, 0.3) is 22.2 Å². The molecule has 2 unspecified atom stereocenters. The number of rotatable bonds is 3. The molecule has 1 aliphatic carbocycles. The van der Waals surface area contributed by atoms with Crippen LogP contribution in [0.2, 0.25) is 0 Å². The molecule has 3 aromatic rings. The zero-order valence-corrected chi connectivity index (χ0v) is 10.2. The van der Waals surface area contributed by atoms with Gasteiger partial charge in [0, 0.05) is 35.5 Å². The number of aromatic amines is 1. The summed E-state index contributed by atoms with van der Waals surface area (Å²) in [6.07, 6.45) is 9.45. The Morgan fingerprint density at radius 2 is 2.37 bits per heavy atom. The first-order valence-corrected chi connectivity index (χ1v) is 6.29. The van der Waals surface area contributed by atoms with Crippen LogP contribution in [0.1, 0.15) is 12.5 Å². The average molecular weight is 252 g/mol. The van der Waals surface area contributed by atoms with Crippen LogP contribution in [0, 0.1) is 5.92 Å². The van der Waals surface area contributed by atoms with Crippen LogP contribution in [0.15, 0.2) is 36.9 Å². The molecule has 5 nitrogen and oxygen atoms in total. The predicted octanol–water partition coefficient (Wildman–Crippen LogP) is 2.19. The number of H-pyrrole nitrogens is 1. The molecule has 0 amide bonds. The summed E-state index contributed by atoms with van der Waals surface area (Å²) in [5, 5.41) is 5.46. The average Bonchev–Trinajstić information content (AvgIpc) is 2.88. The smallest absolute Gasteiger partial charge is 0.137 e. The second-order valence-electron chi connectivity index (χ2n) is 4.91. The lowest BCUT2D eigenvalue weighted by Crippen LogP contribution is -1.96. The summed E-state index contributed by atoms with van der Waals surface area (Å²) in [6.45, 7) is 0. The number of hydrogen-bond donors (Lipinski definition) is 1. The Labute approximate surface area is 109 Å². The maximum atomic E-state index is 10.7. The molecule has 1 fully saturated rings. The third-order valence-corrected chi connectivity index (χ3v) is 3.69. The lowest BCUT2D eigenvalue weighted by atomic mass is 10.1. The maximum absolute atomic E-state index is 10.7. The van der Waals surface area contributed by atoms with E-state index in [1.54, 1.807) is 6.20 Å². The molecule has 4 rings (SSSR count). The van der Waals surface area contributed by atoms with Gasteiger partial charge in [-0.15, -0.1) is 0 Å². The number of pyridine rings is 1. The summed E-state index contributed by atoms with van der Waals surface area (Å²) in [7, 11) is 0. The van der Waals surface area contributed by atoms with Gasteiger partial charge >= 0.3 is 0 Å². The van der Waals surface area contributed by atoms with Crippen molar-refractivity contribution in [3.05, 3.63) is 36.9 Å². The fourth-order valence-corrected chi connectivity index (χ4v) is 2.52. The number of carbonyl (C=O) groups is 1. The van der Waals surface area contributed by atoms with Gasteiger partial charge in [0.1, 0.15) is 11.9 Å². The molecule has 0 spiro atoms. The Morgan fingerprint density at radius 3 is 3.21 bits per heavy atom. The highest BCUT2D eigenvalue weighted by Crippen LogP contribution is 2.41. The zero-order chi connectivity index (χ0) is 12.8. The van der Waals surface area contributed by atoms with Gasteiger partial charge in [-0.2, -0.15) is 5.10 Å². The quantitative estimate of drug-likeness (QED) is 0.727. The molecule has 3 aromatic heterocycles. The van der Waals surface area contributed by atoms with E-state index in [-0.39, 0.29) is 12.0 Å². The first kappa shape index (κ1) is 10.5. The fraction of sp³-hybridized carbons (Fsp3) is 0.214. The van der Waals surface area contributed by atoms with Gasteiger partial charge < -0.3 is 9.78 Å². The van der Waals surface area contributed by atoms with Crippen molar-refractivity contribution in [2.24, 2.45) is 5.92 Å². The topological polar surface area (TPSA) is 63.6 Å². The Morgan fingerprint density at radius 1 is 1.42 bits per heavy atom. The molecule has 0 aliphatic heterocycles. The minimum Gasteiger partial charge on any atom is -0.346 e. The summed E-state index contributed by atoms with van der Waals surface area (Å²) in [4.78, 5) is 18.1. The Hall–Kier alpha value is -2.43. The van der Waals surface area contributed by atoms with E-state index in [9.17, 15) is 4.79 Å². The molecular formula is C14H12N4O. The van der Waals surface area contributed by atoms with Gasteiger partial charge in [-0.3, -0.25) is 4.68 Å². The molecule has 19 heavy (non-hydrogen) atoms. The second-order valence-corrected chi connectivity index (χ2v) is 4.91. The Balaban J connectivity index is 1.76. The maximum Gasteiger partial charge on any atom is 0.137 e. The molecule has 5 heteroatoms. The number of nitrogens with zero attached hydrogens (tertiary/aromatic N) is 3. The second kappa shape index (κ2) is 3.78. The van der Waals surface area contributed by atoms with Gasteiger partial charge in [0.05, 0.1) is 12.2 Å². The predicted molar refractivity (Wildman–Crippen MR) is 70.5 cm³/mol. The molecule has 1 saturated carbocycles. The number of nitrogens with one attached hydrogen (secondary N) is 1. The van der Waals surface area contributed by atoms with Crippen molar-refractivity contribution < 1.29 is 4.79 Å². The summed E-state index contributed by atoms with van der Waals surface area (Å²) in [5.41, 5.74) is 3.05. The molecule has 0 bridgehead atoms. The number of carbonyl (C=O) groups excluding carboxylic acids is 1. The zero-order valence-electron chi connectivity index (χ0n) is 10.2. The van der Waals surface area contributed by atoms with E-state index in [2.05, 4.69) is 15.1 Å². The summed E-state index contributed by atoms with van der Waals surface area (Å²) in [6, 6.07) is 4.25. The van der Waals surface area contributed by atoms with Crippen molar-refractivity contribution in [2.75, 3.05) is 0 Å². The van der Waals surface area contributed by atoms with E-state index in [4.69, 9.17) is 0 Å². The molecular weight excluding hydrogens is 240 g/mol. The largest absolute Gasteiger partial charge is 0.346 e. The van der Waals surface area contributed by atoms with Gasteiger partial charge in [-0.25, -0.2) is 4.98 Å². The monoisotopic (exact) mass is 252 g/mol. The van der Waals surface area contributed by atoms with E-state index in [1.807, 2.05) is 35.4 Å². The Bertz CT molecular complexity index is 757.